The zero-order valence-corrected chi connectivity index (χ0v) is 14.6. The minimum Gasteiger partial charge on any atom is -0.492 e. The van der Waals surface area contributed by atoms with Gasteiger partial charge in [-0.1, -0.05) is 0 Å². The highest BCUT2D eigenvalue weighted by Crippen LogP contribution is 2.17. The van der Waals surface area contributed by atoms with Gasteiger partial charge in [-0.25, -0.2) is 22.3 Å². The van der Waals surface area contributed by atoms with Gasteiger partial charge >= 0.3 is 5.97 Å². The summed E-state index contributed by atoms with van der Waals surface area (Å²) in [7, 11) is -2.49. The van der Waals surface area contributed by atoms with Crippen LogP contribution < -0.4 is 9.46 Å². The van der Waals surface area contributed by atoms with E-state index >= 15 is 0 Å². The second kappa shape index (κ2) is 8.09. The summed E-state index contributed by atoms with van der Waals surface area (Å²) < 4.78 is 49.8. The highest BCUT2D eigenvalue weighted by Gasteiger charge is 2.18. The van der Waals surface area contributed by atoms with Crippen molar-refractivity contribution in [3.8, 4) is 5.75 Å². The summed E-state index contributed by atoms with van der Waals surface area (Å²) in [5.74, 6) is -0.467. The molecule has 6 nitrogen and oxygen atoms in total. The highest BCUT2D eigenvalue weighted by atomic mass is 32.2. The number of nitrogens with one attached hydrogen (secondary N) is 1. The van der Waals surface area contributed by atoms with Gasteiger partial charge in [0.15, 0.2) is 0 Å². The third-order valence-corrected chi connectivity index (χ3v) is 4.98. The number of methoxy groups -OCH3 is 1. The third kappa shape index (κ3) is 5.01. The number of carbonyl (C=O) groups is 1. The molecule has 2 aromatic carbocycles. The number of aryl methyl sites for hydroxylation is 1. The summed E-state index contributed by atoms with van der Waals surface area (Å²) >= 11 is 0. The maximum absolute atomic E-state index is 12.8. The van der Waals surface area contributed by atoms with Gasteiger partial charge < -0.3 is 9.47 Å². The fourth-order valence-electron chi connectivity index (χ4n) is 2.15. The lowest BCUT2D eigenvalue weighted by atomic mass is 10.1. The van der Waals surface area contributed by atoms with Crippen molar-refractivity contribution in [1.82, 2.24) is 4.72 Å². The molecule has 0 spiro atoms. The second-order valence-corrected chi connectivity index (χ2v) is 6.91. The van der Waals surface area contributed by atoms with E-state index in [9.17, 15) is 17.6 Å². The van der Waals surface area contributed by atoms with E-state index in [1.807, 2.05) is 0 Å². The van der Waals surface area contributed by atoms with Crippen LogP contribution in [0.1, 0.15) is 15.9 Å². The predicted molar refractivity (Wildman–Crippen MR) is 89.6 cm³/mol. The van der Waals surface area contributed by atoms with Crippen molar-refractivity contribution in [2.45, 2.75) is 11.8 Å². The number of hydrogen-bond acceptors (Lipinski definition) is 5. The molecule has 0 bridgehead atoms. The van der Waals surface area contributed by atoms with Crippen LogP contribution in [-0.2, 0) is 14.8 Å². The number of benzene rings is 2. The Morgan fingerprint density at radius 3 is 2.44 bits per heavy atom. The molecule has 0 saturated heterocycles. The summed E-state index contributed by atoms with van der Waals surface area (Å²) in [4.78, 5) is 11.5. The SMILES string of the molecule is COC(=O)c1ccc(S(=O)(=O)NCCOc2ccc(F)cc2)c(C)c1. The Labute approximate surface area is 145 Å². The van der Waals surface area contributed by atoms with Gasteiger partial charge in [0.05, 0.1) is 17.6 Å². The molecule has 2 aromatic rings. The van der Waals surface area contributed by atoms with E-state index in [-0.39, 0.29) is 29.4 Å². The van der Waals surface area contributed by atoms with Crippen LogP contribution in [0.2, 0.25) is 0 Å². The van der Waals surface area contributed by atoms with E-state index in [0.29, 0.717) is 11.3 Å². The maximum Gasteiger partial charge on any atom is 0.337 e. The van der Waals surface area contributed by atoms with E-state index in [0.717, 1.165) is 0 Å². The number of halogens is 1. The van der Waals surface area contributed by atoms with Crippen LogP contribution in [0.5, 0.6) is 5.75 Å². The summed E-state index contributed by atoms with van der Waals surface area (Å²) in [5, 5.41) is 0. The molecular formula is C17H18FNO5S. The van der Waals surface area contributed by atoms with Gasteiger partial charge in [-0.05, 0) is 55.0 Å². The molecule has 0 aliphatic carbocycles. The van der Waals surface area contributed by atoms with E-state index in [1.165, 1.54) is 49.6 Å². The van der Waals surface area contributed by atoms with Gasteiger partial charge in [-0.15, -0.1) is 0 Å². The smallest absolute Gasteiger partial charge is 0.337 e. The molecule has 0 aromatic heterocycles. The minimum absolute atomic E-state index is 0.0396. The first-order chi connectivity index (χ1) is 11.8. The number of hydrogen-bond donors (Lipinski definition) is 1. The number of esters is 1. The van der Waals surface area contributed by atoms with Gasteiger partial charge in [0, 0.05) is 6.54 Å². The standard InChI is InChI=1S/C17H18FNO5S/c1-12-11-13(17(20)23-2)3-8-16(12)25(21,22)19-9-10-24-15-6-4-14(18)5-7-15/h3-8,11,19H,9-10H2,1-2H3. The molecule has 2 rings (SSSR count). The second-order valence-electron chi connectivity index (χ2n) is 5.17. The fourth-order valence-corrected chi connectivity index (χ4v) is 3.39. The lowest BCUT2D eigenvalue weighted by molar-refractivity contribution is 0.0600. The number of carbonyl (C=O) groups excluding carboxylic acids is 1. The molecule has 0 saturated carbocycles. The normalized spacial score (nSPS) is 11.2. The van der Waals surface area contributed by atoms with E-state index in [1.54, 1.807) is 6.92 Å². The Bertz CT molecular complexity index is 850. The molecular weight excluding hydrogens is 349 g/mol. The molecule has 134 valence electrons. The van der Waals surface area contributed by atoms with Crippen molar-refractivity contribution in [3.63, 3.8) is 0 Å². The zero-order chi connectivity index (χ0) is 18.4. The van der Waals surface area contributed by atoms with Crippen molar-refractivity contribution in [2.24, 2.45) is 0 Å². The minimum atomic E-state index is -3.74. The average Bonchev–Trinajstić information content (AvgIpc) is 2.59. The first kappa shape index (κ1) is 18.9. The monoisotopic (exact) mass is 367 g/mol. The third-order valence-electron chi connectivity index (χ3n) is 3.36. The van der Waals surface area contributed by atoms with Crippen molar-refractivity contribution in [2.75, 3.05) is 20.3 Å². The van der Waals surface area contributed by atoms with Gasteiger partial charge in [-0.2, -0.15) is 0 Å². The summed E-state index contributed by atoms with van der Waals surface area (Å²) in [6, 6.07) is 9.62. The van der Waals surface area contributed by atoms with Gasteiger partial charge in [0.2, 0.25) is 10.0 Å². The molecule has 0 amide bonds. The molecule has 0 aliphatic rings. The van der Waals surface area contributed by atoms with Gasteiger partial charge in [0.25, 0.3) is 0 Å². The maximum atomic E-state index is 12.8. The lowest BCUT2D eigenvalue weighted by Gasteiger charge is -2.11. The molecule has 0 radical (unpaired) electrons. The van der Waals surface area contributed by atoms with E-state index in [4.69, 9.17) is 4.74 Å². The molecule has 0 fully saturated rings. The Kier molecular flexibility index (Phi) is 6.11. The van der Waals surface area contributed by atoms with Crippen molar-refractivity contribution < 1.29 is 27.1 Å². The predicted octanol–water partition coefficient (Wildman–Crippen LogP) is 2.28. The zero-order valence-electron chi connectivity index (χ0n) is 13.8. The molecule has 8 heteroatoms. The van der Waals surface area contributed by atoms with Gasteiger partial charge in [0.1, 0.15) is 18.2 Å². The first-order valence-corrected chi connectivity index (χ1v) is 8.89. The molecule has 0 aliphatic heterocycles. The van der Waals surface area contributed by atoms with Crippen LogP contribution in [-0.4, -0.2) is 34.6 Å². The molecule has 0 atom stereocenters. The largest absolute Gasteiger partial charge is 0.492 e. The van der Waals surface area contributed by atoms with Crippen LogP contribution in [0.4, 0.5) is 4.39 Å². The molecule has 1 N–H and O–H groups in total. The van der Waals surface area contributed by atoms with Crippen LogP contribution in [0, 0.1) is 12.7 Å². The Morgan fingerprint density at radius 1 is 1.16 bits per heavy atom. The van der Waals surface area contributed by atoms with Crippen molar-refractivity contribution in [1.29, 1.82) is 0 Å². The number of sulfonamides is 1. The summed E-state index contributed by atoms with van der Waals surface area (Å²) in [6.45, 7) is 1.72. The Balaban J connectivity index is 1.97. The van der Waals surface area contributed by atoms with Crippen molar-refractivity contribution >= 4 is 16.0 Å². The first-order valence-electron chi connectivity index (χ1n) is 7.40. The van der Waals surface area contributed by atoms with Crippen molar-refractivity contribution in [3.05, 3.63) is 59.4 Å². The Morgan fingerprint density at radius 2 is 1.84 bits per heavy atom. The van der Waals surface area contributed by atoms with E-state index < -0.39 is 16.0 Å². The van der Waals surface area contributed by atoms with Crippen LogP contribution >= 0.6 is 0 Å². The fraction of sp³-hybridized carbons (Fsp3) is 0.235. The quantitative estimate of drug-likeness (QED) is 0.600. The molecule has 0 heterocycles. The van der Waals surface area contributed by atoms with Crippen LogP contribution in [0.15, 0.2) is 47.4 Å². The van der Waals surface area contributed by atoms with Gasteiger partial charge in [-0.3, -0.25) is 0 Å². The molecule has 0 unspecified atom stereocenters. The summed E-state index contributed by atoms with van der Waals surface area (Å²) in [5.41, 5.74) is 0.702. The van der Waals surface area contributed by atoms with Crippen LogP contribution in [0.3, 0.4) is 0 Å². The Hall–Kier alpha value is -2.45. The lowest BCUT2D eigenvalue weighted by Crippen LogP contribution is -2.28. The topological polar surface area (TPSA) is 81.7 Å². The number of rotatable bonds is 7. The highest BCUT2D eigenvalue weighted by molar-refractivity contribution is 7.89. The molecule has 25 heavy (non-hydrogen) atoms. The van der Waals surface area contributed by atoms with E-state index in [2.05, 4.69) is 9.46 Å². The number of ether oxygens (including phenoxy) is 2. The van der Waals surface area contributed by atoms with Crippen LogP contribution in [0.25, 0.3) is 0 Å². The summed E-state index contributed by atoms with van der Waals surface area (Å²) in [6.07, 6.45) is 0. The average molecular weight is 367 g/mol.